The number of amides is 1. The van der Waals surface area contributed by atoms with Crippen LogP contribution in [-0.4, -0.2) is 16.9 Å². The van der Waals surface area contributed by atoms with E-state index in [1.807, 2.05) is 18.2 Å². The van der Waals surface area contributed by atoms with Crippen LogP contribution in [0.5, 0.6) is 0 Å². The monoisotopic (exact) mass is 271 g/mol. The van der Waals surface area contributed by atoms with Crippen LogP contribution in [0.1, 0.15) is 43.0 Å². The number of nitrogens with one attached hydrogen (secondary N) is 2. The Morgan fingerprint density at radius 3 is 2.90 bits per heavy atom. The normalized spacial score (nSPS) is 17.4. The molecule has 106 valence electrons. The summed E-state index contributed by atoms with van der Waals surface area (Å²) in [7, 11) is 0. The van der Waals surface area contributed by atoms with E-state index in [4.69, 9.17) is 5.73 Å². The fraction of sp³-hybridized carbons (Fsp3) is 0.438. The van der Waals surface area contributed by atoms with Gasteiger partial charge in [0.1, 0.15) is 0 Å². The minimum absolute atomic E-state index is 0.0127. The van der Waals surface area contributed by atoms with Crippen molar-refractivity contribution in [2.45, 2.75) is 38.6 Å². The molecule has 1 aromatic carbocycles. The molecule has 0 bridgehead atoms. The smallest absolute Gasteiger partial charge is 0.253 e. The van der Waals surface area contributed by atoms with Crippen molar-refractivity contribution < 1.29 is 4.79 Å². The largest absolute Gasteiger partial charge is 0.399 e. The lowest BCUT2D eigenvalue weighted by Crippen LogP contribution is -2.37. The molecule has 4 N–H and O–H groups in total. The van der Waals surface area contributed by atoms with E-state index in [2.05, 4.69) is 17.2 Å². The van der Waals surface area contributed by atoms with Crippen molar-refractivity contribution in [1.29, 1.82) is 0 Å². The standard InChI is InChI=1S/C16H21N3O/c1-10(11-4-2-3-5-11)19-16(20)14-9-18-15-7-6-12(17)8-13(14)15/h6-11,18H,2-5,17H2,1H3,(H,19,20). The van der Waals surface area contributed by atoms with Gasteiger partial charge in [-0.3, -0.25) is 4.79 Å². The molecule has 1 fully saturated rings. The number of carbonyl (C=O) groups is 1. The Morgan fingerprint density at radius 1 is 1.40 bits per heavy atom. The van der Waals surface area contributed by atoms with Gasteiger partial charge >= 0.3 is 0 Å². The highest BCUT2D eigenvalue weighted by Crippen LogP contribution is 2.28. The SMILES string of the molecule is CC(NC(=O)c1c[nH]c2ccc(N)cc12)C1CCCC1. The minimum atomic E-state index is -0.0127. The number of aromatic nitrogens is 1. The van der Waals surface area contributed by atoms with E-state index in [9.17, 15) is 4.79 Å². The van der Waals surface area contributed by atoms with Gasteiger partial charge in [0.2, 0.25) is 0 Å². The molecule has 1 saturated carbocycles. The first kappa shape index (κ1) is 13.0. The van der Waals surface area contributed by atoms with Crippen LogP contribution >= 0.6 is 0 Å². The second-order valence-electron chi connectivity index (χ2n) is 5.81. The lowest BCUT2D eigenvalue weighted by molar-refractivity contribution is 0.0929. The zero-order valence-corrected chi connectivity index (χ0v) is 11.8. The average Bonchev–Trinajstić information content (AvgIpc) is 3.07. The molecular weight excluding hydrogens is 250 g/mol. The molecule has 0 aliphatic heterocycles. The molecule has 2 aromatic rings. The van der Waals surface area contributed by atoms with Crippen molar-refractivity contribution in [1.82, 2.24) is 10.3 Å². The van der Waals surface area contributed by atoms with Crippen molar-refractivity contribution in [3.05, 3.63) is 30.0 Å². The molecule has 0 radical (unpaired) electrons. The van der Waals surface area contributed by atoms with E-state index >= 15 is 0 Å². The number of fused-ring (bicyclic) bond motifs is 1. The summed E-state index contributed by atoms with van der Waals surface area (Å²) in [6.07, 6.45) is 6.79. The topological polar surface area (TPSA) is 70.9 Å². The number of rotatable bonds is 3. The van der Waals surface area contributed by atoms with E-state index < -0.39 is 0 Å². The molecule has 1 unspecified atom stereocenters. The molecule has 0 saturated heterocycles. The zero-order chi connectivity index (χ0) is 14.1. The third kappa shape index (κ3) is 2.38. The highest BCUT2D eigenvalue weighted by atomic mass is 16.1. The quantitative estimate of drug-likeness (QED) is 0.751. The maximum atomic E-state index is 12.4. The molecule has 0 spiro atoms. The number of nitrogen functional groups attached to an aromatic ring is 1. The number of nitrogens with two attached hydrogens (primary N) is 1. The van der Waals surface area contributed by atoms with Gasteiger partial charge in [-0.15, -0.1) is 0 Å². The molecular formula is C16H21N3O. The van der Waals surface area contributed by atoms with Crippen molar-refractivity contribution in [3.8, 4) is 0 Å². The molecule has 1 aromatic heterocycles. The molecule has 1 atom stereocenters. The van der Waals surface area contributed by atoms with E-state index in [1.165, 1.54) is 25.7 Å². The van der Waals surface area contributed by atoms with Crippen LogP contribution in [-0.2, 0) is 0 Å². The lowest BCUT2D eigenvalue weighted by atomic mass is 9.99. The summed E-state index contributed by atoms with van der Waals surface area (Å²) in [4.78, 5) is 15.5. The van der Waals surface area contributed by atoms with E-state index in [0.29, 0.717) is 17.2 Å². The maximum absolute atomic E-state index is 12.4. The van der Waals surface area contributed by atoms with Gasteiger partial charge in [-0.05, 0) is 43.9 Å². The maximum Gasteiger partial charge on any atom is 0.253 e. The predicted molar refractivity (Wildman–Crippen MR) is 81.6 cm³/mol. The number of hydrogen-bond donors (Lipinski definition) is 3. The van der Waals surface area contributed by atoms with Crippen LogP contribution in [0.25, 0.3) is 10.9 Å². The summed E-state index contributed by atoms with van der Waals surface area (Å²) in [6, 6.07) is 5.82. The Morgan fingerprint density at radius 2 is 2.15 bits per heavy atom. The second kappa shape index (κ2) is 5.19. The molecule has 1 aliphatic carbocycles. The molecule has 3 rings (SSSR count). The van der Waals surface area contributed by atoms with Gasteiger partial charge in [0.05, 0.1) is 5.56 Å². The van der Waals surface area contributed by atoms with Crippen molar-refractivity contribution in [2.24, 2.45) is 5.92 Å². The first-order valence-electron chi connectivity index (χ1n) is 7.32. The Bertz CT molecular complexity index is 626. The Kier molecular flexibility index (Phi) is 3.38. The molecule has 20 heavy (non-hydrogen) atoms. The first-order valence-corrected chi connectivity index (χ1v) is 7.32. The highest BCUT2D eigenvalue weighted by Gasteiger charge is 2.23. The fourth-order valence-electron chi connectivity index (χ4n) is 3.19. The van der Waals surface area contributed by atoms with Crippen molar-refractivity contribution in [3.63, 3.8) is 0 Å². The number of carbonyl (C=O) groups excluding carboxylic acids is 1. The lowest BCUT2D eigenvalue weighted by Gasteiger charge is -2.20. The van der Waals surface area contributed by atoms with Gasteiger partial charge in [-0.1, -0.05) is 12.8 Å². The molecule has 1 amide bonds. The van der Waals surface area contributed by atoms with Gasteiger partial charge in [0.25, 0.3) is 5.91 Å². The van der Waals surface area contributed by atoms with Crippen LogP contribution < -0.4 is 11.1 Å². The van der Waals surface area contributed by atoms with E-state index in [1.54, 1.807) is 6.20 Å². The summed E-state index contributed by atoms with van der Waals surface area (Å²) in [5.41, 5.74) is 8.10. The summed E-state index contributed by atoms with van der Waals surface area (Å²) in [5.74, 6) is 0.607. The van der Waals surface area contributed by atoms with Crippen molar-refractivity contribution >= 4 is 22.5 Å². The summed E-state index contributed by atoms with van der Waals surface area (Å²) < 4.78 is 0. The number of benzene rings is 1. The number of anilines is 1. The Balaban J connectivity index is 1.79. The van der Waals surface area contributed by atoms with Gasteiger partial charge in [0.15, 0.2) is 0 Å². The average molecular weight is 271 g/mol. The summed E-state index contributed by atoms with van der Waals surface area (Å²) in [5, 5.41) is 4.03. The van der Waals surface area contributed by atoms with Crippen LogP contribution in [0.15, 0.2) is 24.4 Å². The predicted octanol–water partition coefficient (Wildman–Crippen LogP) is 3.06. The number of H-pyrrole nitrogens is 1. The zero-order valence-electron chi connectivity index (χ0n) is 11.8. The van der Waals surface area contributed by atoms with Gasteiger partial charge in [-0.2, -0.15) is 0 Å². The van der Waals surface area contributed by atoms with Gasteiger partial charge in [-0.25, -0.2) is 0 Å². The van der Waals surface area contributed by atoms with Crippen LogP contribution in [0.2, 0.25) is 0 Å². The molecule has 4 nitrogen and oxygen atoms in total. The Hall–Kier alpha value is -1.97. The summed E-state index contributed by atoms with van der Waals surface area (Å²) >= 11 is 0. The van der Waals surface area contributed by atoms with Crippen LogP contribution in [0.4, 0.5) is 5.69 Å². The fourth-order valence-corrected chi connectivity index (χ4v) is 3.19. The third-order valence-electron chi connectivity index (χ3n) is 4.42. The van der Waals surface area contributed by atoms with E-state index in [0.717, 1.165) is 10.9 Å². The third-order valence-corrected chi connectivity index (χ3v) is 4.42. The molecule has 4 heteroatoms. The minimum Gasteiger partial charge on any atom is -0.399 e. The van der Waals surface area contributed by atoms with Gasteiger partial charge in [0, 0.05) is 28.8 Å². The van der Waals surface area contributed by atoms with Crippen LogP contribution in [0.3, 0.4) is 0 Å². The number of aromatic amines is 1. The van der Waals surface area contributed by atoms with Gasteiger partial charge < -0.3 is 16.0 Å². The van der Waals surface area contributed by atoms with Crippen molar-refractivity contribution in [2.75, 3.05) is 5.73 Å². The van der Waals surface area contributed by atoms with Crippen LogP contribution in [0, 0.1) is 5.92 Å². The summed E-state index contributed by atoms with van der Waals surface area (Å²) in [6.45, 7) is 2.11. The Labute approximate surface area is 118 Å². The highest BCUT2D eigenvalue weighted by molar-refractivity contribution is 6.07. The second-order valence-corrected chi connectivity index (χ2v) is 5.81. The molecule has 1 heterocycles. The number of hydrogen-bond acceptors (Lipinski definition) is 2. The molecule has 1 aliphatic rings. The first-order chi connectivity index (χ1) is 9.65. The van der Waals surface area contributed by atoms with E-state index in [-0.39, 0.29) is 11.9 Å².